The van der Waals surface area contributed by atoms with Gasteiger partial charge in [0.05, 0.1) is 25.4 Å². The molecule has 1 aliphatic heterocycles. The lowest BCUT2D eigenvalue weighted by atomic mass is 9.97. The number of benzene rings is 2. The molecule has 0 radical (unpaired) electrons. The summed E-state index contributed by atoms with van der Waals surface area (Å²) >= 11 is 1.68. The van der Waals surface area contributed by atoms with Crippen molar-refractivity contribution in [1.82, 2.24) is 25.1 Å². The first-order chi connectivity index (χ1) is 21.8. The molecule has 5 aromatic rings. The largest absolute Gasteiger partial charge is 0.495 e. The van der Waals surface area contributed by atoms with Gasteiger partial charge in [-0.1, -0.05) is 36.4 Å². The molecular formula is C34H33N7O3S. The Hall–Kier alpha value is -5.16. The second kappa shape index (κ2) is 12.4. The number of ether oxygens (including phenoxy) is 1. The molecule has 0 fully saturated rings. The molecule has 1 atom stereocenters. The predicted molar refractivity (Wildman–Crippen MR) is 176 cm³/mol. The molecule has 10 nitrogen and oxygen atoms in total. The molecule has 2 aromatic carbocycles. The summed E-state index contributed by atoms with van der Waals surface area (Å²) in [7, 11) is 1.56. The number of hydrogen-bond donors (Lipinski definition) is 2. The van der Waals surface area contributed by atoms with Gasteiger partial charge in [0.1, 0.15) is 28.3 Å². The van der Waals surface area contributed by atoms with Crippen molar-refractivity contribution in [2.75, 3.05) is 19.0 Å². The monoisotopic (exact) mass is 619 g/mol. The van der Waals surface area contributed by atoms with Gasteiger partial charge in [-0.2, -0.15) is 0 Å². The number of thiophene rings is 1. The number of carbonyl (C=O) groups is 2. The number of aliphatic imine (C=N–C) groups is 1. The minimum absolute atomic E-state index is 0.0824. The van der Waals surface area contributed by atoms with Crippen LogP contribution in [0.25, 0.3) is 16.1 Å². The van der Waals surface area contributed by atoms with E-state index in [1.54, 1.807) is 30.6 Å². The smallest absolute Gasteiger partial charge is 0.274 e. The van der Waals surface area contributed by atoms with Crippen molar-refractivity contribution in [3.8, 4) is 21.9 Å². The molecule has 0 unspecified atom stereocenters. The van der Waals surface area contributed by atoms with E-state index in [1.807, 2.05) is 50.2 Å². The number of fused-ring (bicyclic) bond motifs is 3. The first-order valence-corrected chi connectivity index (χ1v) is 15.5. The van der Waals surface area contributed by atoms with E-state index in [0.717, 1.165) is 44.4 Å². The number of aryl methyl sites for hydroxylation is 2. The Kier molecular flexibility index (Phi) is 8.27. The van der Waals surface area contributed by atoms with Gasteiger partial charge in [0.15, 0.2) is 5.82 Å². The van der Waals surface area contributed by atoms with E-state index in [1.165, 1.54) is 11.1 Å². The van der Waals surface area contributed by atoms with Crippen LogP contribution in [0.1, 0.15) is 63.1 Å². The standard InChI is InChI=1S/C34H33N7O3S/c1-6-35-29(42)17-28-32-40-39-21(4)41(32)34-30(19(2)20(3)45-34)31(38-28)23-12-10-22(11-13-23)24-8-7-9-25(16-24)37-33(43)27-15-14-26(44-5)18-36-27/h7-16,18,28H,6,17H2,1-5H3,(H,35,42)(H,37,43)/t28-/m0/s1. The first-order valence-electron chi connectivity index (χ1n) is 14.7. The fraction of sp³-hybridized carbons (Fsp3) is 0.235. The zero-order valence-corrected chi connectivity index (χ0v) is 26.5. The number of anilines is 1. The highest BCUT2D eigenvalue weighted by Crippen LogP contribution is 2.39. The number of aromatic nitrogens is 4. The van der Waals surface area contributed by atoms with Crippen LogP contribution in [0.15, 0.2) is 71.9 Å². The van der Waals surface area contributed by atoms with Crippen molar-refractivity contribution >= 4 is 34.6 Å². The number of nitrogens with one attached hydrogen (secondary N) is 2. The van der Waals surface area contributed by atoms with Crippen LogP contribution in [-0.4, -0.2) is 50.9 Å². The zero-order valence-electron chi connectivity index (χ0n) is 25.7. The summed E-state index contributed by atoms with van der Waals surface area (Å²) in [6.07, 6.45) is 1.69. The van der Waals surface area contributed by atoms with Crippen LogP contribution in [0.2, 0.25) is 0 Å². The maximum Gasteiger partial charge on any atom is 0.274 e. The van der Waals surface area contributed by atoms with Crippen molar-refractivity contribution in [3.05, 3.63) is 106 Å². The van der Waals surface area contributed by atoms with Crippen molar-refractivity contribution in [1.29, 1.82) is 0 Å². The molecule has 11 heteroatoms. The highest BCUT2D eigenvalue weighted by Gasteiger charge is 2.32. The average Bonchev–Trinajstić information content (AvgIpc) is 3.53. The number of hydrogen-bond acceptors (Lipinski definition) is 8. The topological polar surface area (TPSA) is 123 Å². The normalized spacial score (nSPS) is 13.7. The molecule has 0 aliphatic carbocycles. The van der Waals surface area contributed by atoms with Crippen LogP contribution in [0.3, 0.4) is 0 Å². The van der Waals surface area contributed by atoms with Crippen LogP contribution < -0.4 is 15.4 Å². The van der Waals surface area contributed by atoms with Crippen molar-refractivity contribution in [3.63, 3.8) is 0 Å². The Morgan fingerprint density at radius 1 is 0.978 bits per heavy atom. The number of amides is 2. The lowest BCUT2D eigenvalue weighted by molar-refractivity contribution is -0.121. The van der Waals surface area contributed by atoms with Gasteiger partial charge < -0.3 is 15.4 Å². The molecule has 6 rings (SSSR count). The molecule has 2 amide bonds. The molecule has 4 heterocycles. The fourth-order valence-electron chi connectivity index (χ4n) is 5.40. The van der Waals surface area contributed by atoms with Crippen LogP contribution in [0.5, 0.6) is 5.75 Å². The van der Waals surface area contributed by atoms with E-state index in [2.05, 4.69) is 56.4 Å². The summed E-state index contributed by atoms with van der Waals surface area (Å²) in [5, 5.41) is 15.7. The van der Waals surface area contributed by atoms with Crippen LogP contribution in [-0.2, 0) is 4.79 Å². The number of nitrogens with zero attached hydrogens (tertiary/aromatic N) is 5. The third-order valence-corrected chi connectivity index (χ3v) is 9.00. The summed E-state index contributed by atoms with van der Waals surface area (Å²) in [6.45, 7) is 8.60. The molecule has 45 heavy (non-hydrogen) atoms. The van der Waals surface area contributed by atoms with Crippen LogP contribution in [0, 0.1) is 20.8 Å². The number of rotatable bonds is 8. The zero-order chi connectivity index (χ0) is 31.7. The molecular weight excluding hydrogens is 586 g/mol. The molecule has 2 N–H and O–H groups in total. The minimum Gasteiger partial charge on any atom is -0.495 e. The second-order valence-electron chi connectivity index (χ2n) is 10.8. The van der Waals surface area contributed by atoms with Gasteiger partial charge in [-0.15, -0.1) is 21.5 Å². The Balaban J connectivity index is 1.33. The third kappa shape index (κ3) is 5.86. The average molecular weight is 620 g/mol. The Labute approximate surface area is 265 Å². The van der Waals surface area contributed by atoms with Crippen molar-refractivity contribution < 1.29 is 14.3 Å². The van der Waals surface area contributed by atoms with E-state index in [-0.39, 0.29) is 18.2 Å². The summed E-state index contributed by atoms with van der Waals surface area (Å²) in [4.78, 5) is 36.1. The predicted octanol–water partition coefficient (Wildman–Crippen LogP) is 6.00. The molecule has 0 bridgehead atoms. The van der Waals surface area contributed by atoms with Gasteiger partial charge >= 0.3 is 0 Å². The minimum atomic E-state index is -0.493. The first kappa shape index (κ1) is 29.9. The van der Waals surface area contributed by atoms with Crippen molar-refractivity contribution in [2.24, 2.45) is 4.99 Å². The Morgan fingerprint density at radius 3 is 2.47 bits per heavy atom. The van der Waals surface area contributed by atoms with Crippen LogP contribution in [0.4, 0.5) is 5.69 Å². The molecule has 0 saturated carbocycles. The molecule has 3 aromatic heterocycles. The lowest BCUT2D eigenvalue weighted by Crippen LogP contribution is -2.25. The Morgan fingerprint density at radius 2 is 1.76 bits per heavy atom. The molecule has 1 aliphatic rings. The van der Waals surface area contributed by atoms with Gasteiger partial charge in [0.2, 0.25) is 5.91 Å². The quantitative estimate of drug-likeness (QED) is 0.220. The van der Waals surface area contributed by atoms with Gasteiger partial charge in [-0.25, -0.2) is 4.98 Å². The van der Waals surface area contributed by atoms with Crippen LogP contribution >= 0.6 is 11.3 Å². The summed E-state index contributed by atoms with van der Waals surface area (Å²) in [5.41, 5.74) is 6.83. The summed E-state index contributed by atoms with van der Waals surface area (Å²) < 4.78 is 7.18. The van der Waals surface area contributed by atoms with E-state index in [9.17, 15) is 9.59 Å². The van der Waals surface area contributed by atoms with Gasteiger partial charge in [-0.05, 0) is 68.7 Å². The highest BCUT2D eigenvalue weighted by atomic mass is 32.1. The fourth-order valence-corrected chi connectivity index (χ4v) is 6.61. The third-order valence-electron chi connectivity index (χ3n) is 7.81. The van der Waals surface area contributed by atoms with Gasteiger partial charge in [0, 0.05) is 28.2 Å². The van der Waals surface area contributed by atoms with Gasteiger partial charge in [0.25, 0.3) is 5.91 Å². The molecule has 228 valence electrons. The number of pyridine rings is 1. The van der Waals surface area contributed by atoms with E-state index in [4.69, 9.17) is 9.73 Å². The molecule has 0 saturated heterocycles. The van der Waals surface area contributed by atoms with E-state index in [0.29, 0.717) is 29.5 Å². The maximum atomic E-state index is 12.8. The van der Waals surface area contributed by atoms with E-state index >= 15 is 0 Å². The SMILES string of the molecule is CCNC(=O)C[C@@H]1N=C(c2ccc(-c3cccc(NC(=O)c4ccc(OC)cn4)c3)cc2)c2c(sc(C)c2C)-n2c(C)nnc21. The van der Waals surface area contributed by atoms with Crippen molar-refractivity contribution in [2.45, 2.75) is 40.2 Å². The lowest BCUT2D eigenvalue weighted by Gasteiger charge is -2.13. The highest BCUT2D eigenvalue weighted by molar-refractivity contribution is 7.15. The maximum absolute atomic E-state index is 12.8. The second-order valence-corrected chi connectivity index (χ2v) is 12.0. The van der Waals surface area contributed by atoms with Gasteiger partial charge in [-0.3, -0.25) is 19.1 Å². The summed E-state index contributed by atoms with van der Waals surface area (Å²) in [6, 6.07) is 18.7. The molecule has 0 spiro atoms. The van der Waals surface area contributed by atoms with E-state index < -0.39 is 6.04 Å². The Bertz CT molecular complexity index is 1920. The summed E-state index contributed by atoms with van der Waals surface area (Å²) in [5.74, 6) is 1.62. The number of methoxy groups -OCH3 is 1. The number of carbonyl (C=O) groups excluding carboxylic acids is 2.